The van der Waals surface area contributed by atoms with Crippen molar-refractivity contribution in [2.24, 2.45) is 0 Å². The van der Waals surface area contributed by atoms with Crippen LogP contribution in [0.1, 0.15) is 57.1 Å². The monoisotopic (exact) mass is 650 g/mol. The first kappa shape index (κ1) is 35.3. The fourth-order valence-electron chi connectivity index (χ4n) is 4.56. The van der Waals surface area contributed by atoms with Crippen LogP contribution in [0.2, 0.25) is 0 Å². The van der Waals surface area contributed by atoms with E-state index >= 15 is 0 Å². The Morgan fingerprint density at radius 1 is 0.864 bits per heavy atom. The Morgan fingerprint density at radius 3 is 2.14 bits per heavy atom. The van der Waals surface area contributed by atoms with E-state index in [1.54, 1.807) is 6.07 Å². The first-order chi connectivity index (χ1) is 20.6. The zero-order chi connectivity index (χ0) is 32.8. The molecule has 242 valence electrons. The maximum absolute atomic E-state index is 14.3. The van der Waals surface area contributed by atoms with Crippen LogP contribution < -0.4 is 4.74 Å². The van der Waals surface area contributed by atoms with Gasteiger partial charge in [-0.15, -0.1) is 11.3 Å². The molecule has 0 bridgehead atoms. The van der Waals surface area contributed by atoms with E-state index in [2.05, 4.69) is 43.4 Å². The molecule has 0 atom stereocenters. The number of ether oxygens (including phenoxy) is 2. The van der Waals surface area contributed by atoms with Crippen molar-refractivity contribution < 1.29 is 49.4 Å². The van der Waals surface area contributed by atoms with Crippen LogP contribution in [0.5, 0.6) is 5.75 Å². The second kappa shape index (κ2) is 14.3. The van der Waals surface area contributed by atoms with E-state index in [0.717, 1.165) is 47.9 Å². The van der Waals surface area contributed by atoms with Crippen LogP contribution in [-0.4, -0.2) is 42.9 Å². The third kappa shape index (κ3) is 7.73. The van der Waals surface area contributed by atoms with Crippen LogP contribution in [0.25, 0.3) is 20.5 Å². The summed E-state index contributed by atoms with van der Waals surface area (Å²) in [6, 6.07) is 12.9. The topological polar surface area (TPSA) is 35.5 Å². The molecule has 2 aromatic carbocycles. The van der Waals surface area contributed by atoms with E-state index in [1.165, 1.54) is 34.6 Å². The number of alkyl halides is 8. The summed E-state index contributed by atoms with van der Waals surface area (Å²) in [5, 5.41) is 0.823. The predicted octanol–water partition coefficient (Wildman–Crippen LogP) is 10.3. The Balaban J connectivity index is 1.69. The molecule has 0 spiro atoms. The lowest BCUT2D eigenvalue weighted by Gasteiger charge is -2.36. The van der Waals surface area contributed by atoms with Crippen LogP contribution in [0.3, 0.4) is 0 Å². The first-order valence-corrected chi connectivity index (χ1v) is 15.0. The second-order valence-corrected chi connectivity index (χ2v) is 11.5. The van der Waals surface area contributed by atoms with Gasteiger partial charge in [-0.25, -0.2) is 4.79 Å². The van der Waals surface area contributed by atoms with Gasteiger partial charge in [0.15, 0.2) is 0 Å². The standard InChI is InChI=1S/C32H34F8O3S/c1-4-7-8-9-21-10-13-25(22(5-2)18-21)27-19-23-11-12-24(20-26(23)44-27)42-16-14-29(33,34)31(37,38)32(39,40)30(35,36)15-17-43-28(41)6-3/h6,10-13,18-20H,3-5,7-9,14-17H2,1-2H3. The van der Waals surface area contributed by atoms with Crippen LogP contribution in [-0.2, 0) is 22.4 Å². The zero-order valence-corrected chi connectivity index (χ0v) is 25.2. The third-order valence-corrected chi connectivity index (χ3v) is 8.33. The highest BCUT2D eigenvalue weighted by molar-refractivity contribution is 7.22. The zero-order valence-electron chi connectivity index (χ0n) is 24.3. The molecule has 1 aromatic heterocycles. The number of carbonyl (C=O) groups is 1. The van der Waals surface area contributed by atoms with E-state index < -0.39 is 55.7 Å². The summed E-state index contributed by atoms with van der Waals surface area (Å²) in [7, 11) is 0. The fourth-order valence-corrected chi connectivity index (χ4v) is 5.71. The van der Waals surface area contributed by atoms with Crippen molar-refractivity contribution in [3.63, 3.8) is 0 Å². The molecule has 0 unspecified atom stereocenters. The summed E-state index contributed by atoms with van der Waals surface area (Å²) in [5.41, 5.74) is 3.48. The highest BCUT2D eigenvalue weighted by Crippen LogP contribution is 2.54. The van der Waals surface area contributed by atoms with Crippen molar-refractivity contribution in [3.05, 3.63) is 66.2 Å². The van der Waals surface area contributed by atoms with E-state index in [9.17, 15) is 39.9 Å². The molecule has 0 radical (unpaired) electrons. The summed E-state index contributed by atoms with van der Waals surface area (Å²) in [6.45, 7) is 4.61. The molecule has 3 aromatic rings. The lowest BCUT2D eigenvalue weighted by molar-refractivity contribution is -0.368. The molecule has 12 heteroatoms. The predicted molar refractivity (Wildman–Crippen MR) is 156 cm³/mol. The number of carbonyl (C=O) groups excluding carboxylic acids is 1. The lowest BCUT2D eigenvalue weighted by atomic mass is 9.95. The van der Waals surface area contributed by atoms with Crippen molar-refractivity contribution in [3.8, 4) is 16.2 Å². The Morgan fingerprint density at radius 2 is 1.52 bits per heavy atom. The Labute approximate surface area is 254 Å². The van der Waals surface area contributed by atoms with Crippen molar-refractivity contribution >= 4 is 27.4 Å². The number of rotatable bonds is 17. The molecule has 0 N–H and O–H groups in total. The molecular formula is C32H34F8O3S. The van der Waals surface area contributed by atoms with Gasteiger partial charge in [0.25, 0.3) is 0 Å². The summed E-state index contributed by atoms with van der Waals surface area (Å²) < 4.78 is 123. The van der Waals surface area contributed by atoms with Gasteiger partial charge in [-0.3, -0.25) is 0 Å². The number of benzene rings is 2. The first-order valence-electron chi connectivity index (χ1n) is 14.2. The van der Waals surface area contributed by atoms with Gasteiger partial charge in [0.05, 0.1) is 26.1 Å². The highest BCUT2D eigenvalue weighted by Gasteiger charge is 2.79. The summed E-state index contributed by atoms with van der Waals surface area (Å²) in [5.74, 6) is -25.3. The molecule has 0 saturated heterocycles. The minimum Gasteiger partial charge on any atom is -0.493 e. The molecule has 0 saturated carbocycles. The molecule has 44 heavy (non-hydrogen) atoms. The molecule has 3 nitrogen and oxygen atoms in total. The maximum atomic E-state index is 14.3. The van der Waals surface area contributed by atoms with Gasteiger partial charge >= 0.3 is 29.7 Å². The Bertz CT molecular complexity index is 1430. The molecule has 0 fully saturated rings. The molecule has 0 aliphatic rings. The van der Waals surface area contributed by atoms with Gasteiger partial charge in [0.1, 0.15) is 5.75 Å². The largest absolute Gasteiger partial charge is 0.493 e. The van der Waals surface area contributed by atoms with Gasteiger partial charge in [-0.1, -0.05) is 51.5 Å². The van der Waals surface area contributed by atoms with Gasteiger partial charge in [-0.2, -0.15) is 35.1 Å². The average molecular weight is 651 g/mol. The number of fused-ring (bicyclic) bond motifs is 1. The van der Waals surface area contributed by atoms with Crippen molar-refractivity contribution in [1.29, 1.82) is 0 Å². The van der Waals surface area contributed by atoms with Crippen molar-refractivity contribution in [2.45, 2.75) is 82.5 Å². The highest BCUT2D eigenvalue weighted by atomic mass is 32.1. The second-order valence-electron chi connectivity index (χ2n) is 10.4. The molecular weight excluding hydrogens is 616 g/mol. The lowest BCUT2D eigenvalue weighted by Crippen LogP contribution is -2.62. The fraction of sp³-hybridized carbons (Fsp3) is 0.469. The van der Waals surface area contributed by atoms with Gasteiger partial charge in [0, 0.05) is 15.7 Å². The molecule has 0 aliphatic carbocycles. The number of unbranched alkanes of at least 4 members (excludes halogenated alkanes) is 2. The Kier molecular flexibility index (Phi) is 11.5. The summed E-state index contributed by atoms with van der Waals surface area (Å²) >= 11 is 1.41. The minimum absolute atomic E-state index is 0.0214. The molecule has 3 rings (SSSR count). The van der Waals surface area contributed by atoms with Gasteiger partial charge in [0.2, 0.25) is 0 Å². The van der Waals surface area contributed by atoms with Crippen molar-refractivity contribution in [2.75, 3.05) is 13.2 Å². The summed E-state index contributed by atoms with van der Waals surface area (Å²) in [4.78, 5) is 11.9. The van der Waals surface area contributed by atoms with E-state index in [0.29, 0.717) is 10.8 Å². The Hall–Kier alpha value is -3.15. The van der Waals surface area contributed by atoms with Gasteiger partial charge in [-0.05, 0) is 65.6 Å². The van der Waals surface area contributed by atoms with Crippen LogP contribution >= 0.6 is 11.3 Å². The number of thiophene rings is 1. The number of aryl methyl sites for hydroxylation is 2. The third-order valence-electron chi connectivity index (χ3n) is 7.20. The van der Waals surface area contributed by atoms with E-state index in [4.69, 9.17) is 4.74 Å². The van der Waals surface area contributed by atoms with E-state index in [-0.39, 0.29) is 5.75 Å². The van der Waals surface area contributed by atoms with Gasteiger partial charge < -0.3 is 9.47 Å². The molecule has 0 aliphatic heterocycles. The van der Waals surface area contributed by atoms with E-state index in [1.807, 2.05) is 6.07 Å². The quantitative estimate of drug-likeness (QED) is 0.0631. The van der Waals surface area contributed by atoms with Crippen LogP contribution in [0, 0.1) is 0 Å². The number of halogens is 8. The smallest absolute Gasteiger partial charge is 0.378 e. The van der Waals surface area contributed by atoms with Crippen LogP contribution in [0.15, 0.2) is 55.1 Å². The molecule has 1 heterocycles. The van der Waals surface area contributed by atoms with Crippen molar-refractivity contribution in [1.82, 2.24) is 0 Å². The molecule has 0 amide bonds. The SMILES string of the molecule is C=CC(=O)OCCC(F)(F)C(F)(F)C(F)(F)C(F)(F)CCOc1ccc2cc(-c3ccc(CCCCC)cc3CC)sc2c1. The number of esters is 1. The maximum Gasteiger partial charge on any atom is 0.378 e. The average Bonchev–Trinajstić information content (AvgIpc) is 3.40. The number of hydrogen-bond acceptors (Lipinski definition) is 4. The number of hydrogen-bond donors (Lipinski definition) is 0. The van der Waals surface area contributed by atoms with Crippen LogP contribution in [0.4, 0.5) is 35.1 Å². The summed E-state index contributed by atoms with van der Waals surface area (Å²) in [6.07, 6.45) is 1.67. The normalized spacial score (nSPS) is 12.9. The minimum atomic E-state index is -6.46.